The van der Waals surface area contributed by atoms with Gasteiger partial charge in [-0.15, -0.1) is 28.7 Å². The molecular weight excluding hydrogens is 380 g/mol. The fraction of sp³-hybridized carbons (Fsp3) is 0.364. The number of alkyl halides is 1. The van der Waals surface area contributed by atoms with Crippen LogP contribution < -0.4 is 0 Å². The quantitative estimate of drug-likeness (QED) is 0.491. The number of halogens is 1. The van der Waals surface area contributed by atoms with Crippen LogP contribution in [0.1, 0.15) is 39.4 Å². The molecule has 27 heavy (non-hydrogen) atoms. The Kier molecular flexibility index (Phi) is 6.92. The molecule has 4 unspecified atom stereocenters. The Morgan fingerprint density at radius 1 is 1.26 bits per heavy atom. The molecule has 0 radical (unpaired) electrons. The van der Waals surface area contributed by atoms with Crippen LogP contribution in [-0.4, -0.2) is 27.7 Å². The zero-order valence-corrected chi connectivity index (χ0v) is 16.5. The summed E-state index contributed by atoms with van der Waals surface area (Å²) in [6.45, 7) is 0. The van der Waals surface area contributed by atoms with Crippen LogP contribution in [0.15, 0.2) is 54.3 Å². The minimum Gasteiger partial charge on any atom is -0.477 e. The number of aliphatic hydroxyl groups is 1. The van der Waals surface area contributed by atoms with E-state index in [4.69, 9.17) is 16.7 Å². The molecule has 1 saturated carbocycles. The average molecular weight is 403 g/mol. The highest BCUT2D eigenvalue weighted by molar-refractivity contribution is 7.13. The molecule has 0 amide bonds. The van der Waals surface area contributed by atoms with Crippen molar-refractivity contribution in [3.63, 3.8) is 0 Å². The summed E-state index contributed by atoms with van der Waals surface area (Å²) in [6, 6.07) is 13.5. The molecule has 0 spiro atoms. The van der Waals surface area contributed by atoms with E-state index >= 15 is 0 Å². The largest absolute Gasteiger partial charge is 0.477 e. The molecule has 5 heteroatoms. The van der Waals surface area contributed by atoms with Gasteiger partial charge in [0.05, 0.1) is 6.10 Å². The average Bonchev–Trinajstić information content (AvgIpc) is 3.22. The number of carboxylic acid groups (broad SMARTS) is 1. The van der Waals surface area contributed by atoms with Crippen LogP contribution in [0.5, 0.6) is 0 Å². The van der Waals surface area contributed by atoms with Gasteiger partial charge in [-0.1, -0.05) is 30.3 Å². The van der Waals surface area contributed by atoms with Gasteiger partial charge < -0.3 is 10.2 Å². The van der Waals surface area contributed by atoms with Crippen LogP contribution >= 0.6 is 22.9 Å². The third kappa shape index (κ3) is 5.33. The first-order valence-corrected chi connectivity index (χ1v) is 10.4. The first-order valence-electron chi connectivity index (χ1n) is 9.16. The monoisotopic (exact) mass is 402 g/mol. The topological polar surface area (TPSA) is 57.5 Å². The lowest BCUT2D eigenvalue weighted by Crippen LogP contribution is -2.18. The summed E-state index contributed by atoms with van der Waals surface area (Å²) in [4.78, 5) is 12.4. The molecule has 142 valence electrons. The highest BCUT2D eigenvalue weighted by atomic mass is 35.5. The smallest absolute Gasteiger partial charge is 0.345 e. The van der Waals surface area contributed by atoms with Crippen LogP contribution in [0.2, 0.25) is 0 Å². The number of hydrogen-bond donors (Lipinski definition) is 2. The predicted octanol–water partition coefficient (Wildman–Crippen LogP) is 5.24. The number of rotatable bonds is 7. The van der Waals surface area contributed by atoms with E-state index < -0.39 is 12.1 Å². The molecule has 3 nitrogen and oxygen atoms in total. The molecule has 4 atom stereocenters. The van der Waals surface area contributed by atoms with E-state index in [2.05, 4.69) is 5.73 Å². The third-order valence-corrected chi connectivity index (χ3v) is 6.68. The van der Waals surface area contributed by atoms with Gasteiger partial charge >= 0.3 is 5.97 Å². The number of aliphatic hydroxyl groups excluding tert-OH is 1. The van der Waals surface area contributed by atoms with Gasteiger partial charge in [-0.05, 0) is 61.4 Å². The predicted molar refractivity (Wildman–Crippen MR) is 110 cm³/mol. The summed E-state index contributed by atoms with van der Waals surface area (Å²) in [7, 11) is 0. The van der Waals surface area contributed by atoms with Gasteiger partial charge in [-0.3, -0.25) is 0 Å². The van der Waals surface area contributed by atoms with E-state index in [1.165, 1.54) is 11.3 Å². The summed E-state index contributed by atoms with van der Waals surface area (Å²) >= 11 is 7.83. The van der Waals surface area contributed by atoms with Crippen molar-refractivity contribution in [2.45, 2.75) is 37.2 Å². The SMILES string of the molecule is O=C(O)c1ccc(CCCC2C(Cl)CC(O)C2C=C=Cc2ccccc2)s1. The normalized spacial score (nSPS) is 24.4. The first kappa shape index (κ1) is 19.9. The van der Waals surface area contributed by atoms with Gasteiger partial charge in [-0.2, -0.15) is 0 Å². The number of carbonyl (C=O) groups is 1. The van der Waals surface area contributed by atoms with Gasteiger partial charge in [0.1, 0.15) is 4.88 Å². The maximum atomic E-state index is 11.0. The molecule has 1 aliphatic rings. The maximum Gasteiger partial charge on any atom is 0.345 e. The van der Waals surface area contributed by atoms with Gasteiger partial charge in [0.2, 0.25) is 0 Å². The Balaban J connectivity index is 1.60. The van der Waals surface area contributed by atoms with Crippen molar-refractivity contribution in [3.05, 3.63) is 69.6 Å². The third-order valence-electron chi connectivity index (χ3n) is 5.04. The van der Waals surface area contributed by atoms with Gasteiger partial charge in [-0.25, -0.2) is 4.79 Å². The van der Waals surface area contributed by atoms with Crippen molar-refractivity contribution < 1.29 is 15.0 Å². The van der Waals surface area contributed by atoms with Crippen LogP contribution in [0, 0.1) is 11.8 Å². The van der Waals surface area contributed by atoms with E-state index in [1.807, 2.05) is 48.6 Å². The summed E-state index contributed by atoms with van der Waals surface area (Å²) in [5, 5.41) is 19.3. The van der Waals surface area contributed by atoms with Crippen molar-refractivity contribution >= 4 is 35.0 Å². The highest BCUT2D eigenvalue weighted by Crippen LogP contribution is 2.40. The number of aromatic carboxylic acids is 1. The van der Waals surface area contributed by atoms with E-state index in [9.17, 15) is 9.90 Å². The Morgan fingerprint density at radius 2 is 2.04 bits per heavy atom. The van der Waals surface area contributed by atoms with Crippen molar-refractivity contribution in [2.24, 2.45) is 11.8 Å². The van der Waals surface area contributed by atoms with Crippen molar-refractivity contribution in [2.75, 3.05) is 0 Å². The Bertz CT molecular complexity index is 823. The highest BCUT2D eigenvalue weighted by Gasteiger charge is 2.39. The van der Waals surface area contributed by atoms with Crippen LogP contribution in [0.3, 0.4) is 0 Å². The van der Waals surface area contributed by atoms with E-state index in [0.717, 1.165) is 29.7 Å². The molecule has 3 rings (SSSR count). The van der Waals surface area contributed by atoms with Crippen LogP contribution in [0.4, 0.5) is 0 Å². The first-order chi connectivity index (χ1) is 13.0. The van der Waals surface area contributed by atoms with Gasteiger partial charge in [0, 0.05) is 16.2 Å². The number of carboxylic acids is 1. The number of thiophene rings is 1. The molecular formula is C22H23ClO3S. The van der Waals surface area contributed by atoms with Gasteiger partial charge in [0.15, 0.2) is 0 Å². The lowest BCUT2D eigenvalue weighted by atomic mass is 9.89. The molecule has 1 aliphatic carbocycles. The minimum atomic E-state index is -0.874. The number of aryl methyl sites for hydroxylation is 1. The number of hydrogen-bond acceptors (Lipinski definition) is 3. The second-order valence-electron chi connectivity index (χ2n) is 6.91. The fourth-order valence-corrected chi connectivity index (χ4v) is 5.01. The van der Waals surface area contributed by atoms with Crippen molar-refractivity contribution in [1.29, 1.82) is 0 Å². The van der Waals surface area contributed by atoms with Crippen LogP contribution in [0.25, 0.3) is 6.08 Å². The number of benzene rings is 1. The van der Waals surface area contributed by atoms with E-state index in [0.29, 0.717) is 11.3 Å². The lowest BCUT2D eigenvalue weighted by molar-refractivity contribution is 0.0702. The molecule has 0 saturated heterocycles. The van der Waals surface area contributed by atoms with Crippen LogP contribution in [-0.2, 0) is 6.42 Å². The van der Waals surface area contributed by atoms with E-state index in [-0.39, 0.29) is 17.2 Å². The van der Waals surface area contributed by atoms with Gasteiger partial charge in [0.25, 0.3) is 0 Å². The Labute approximate surface area is 168 Å². The fourth-order valence-electron chi connectivity index (χ4n) is 3.64. The maximum absolute atomic E-state index is 11.0. The van der Waals surface area contributed by atoms with Crippen molar-refractivity contribution in [3.8, 4) is 0 Å². The zero-order valence-electron chi connectivity index (χ0n) is 14.9. The molecule has 0 bridgehead atoms. The van der Waals surface area contributed by atoms with Crippen molar-refractivity contribution in [1.82, 2.24) is 0 Å². The molecule has 1 aromatic heterocycles. The summed E-state index contributed by atoms with van der Waals surface area (Å²) in [5.41, 5.74) is 4.29. The molecule has 2 N–H and O–H groups in total. The molecule has 1 fully saturated rings. The zero-order chi connectivity index (χ0) is 19.2. The molecule has 2 aromatic rings. The summed E-state index contributed by atoms with van der Waals surface area (Å²) < 4.78 is 0. The second-order valence-corrected chi connectivity index (χ2v) is 8.64. The molecule has 0 aliphatic heterocycles. The summed E-state index contributed by atoms with van der Waals surface area (Å²) in [6.07, 6.45) is 6.71. The standard InChI is InChI=1S/C22H23ClO3S/c23-19-14-20(24)18(11-4-8-15-6-2-1-3-7-15)17(19)10-5-9-16-12-13-21(27-16)22(25)26/h1-3,6-8,11-13,17-20,24H,5,9-10,14H2,(H,25,26). The molecule has 1 heterocycles. The lowest BCUT2D eigenvalue weighted by Gasteiger charge is -2.19. The molecule has 1 aromatic carbocycles. The second kappa shape index (κ2) is 9.38. The van der Waals surface area contributed by atoms with E-state index in [1.54, 1.807) is 6.07 Å². The Morgan fingerprint density at radius 3 is 2.74 bits per heavy atom. The Hall–Kier alpha value is -1.84. The summed E-state index contributed by atoms with van der Waals surface area (Å²) in [5.74, 6) is -0.663. The minimum absolute atomic E-state index is 0.00498.